The number of benzene rings is 1. The van der Waals surface area contributed by atoms with E-state index in [-0.39, 0.29) is 29.8 Å². The van der Waals surface area contributed by atoms with Gasteiger partial charge in [-0.1, -0.05) is 12.1 Å². The van der Waals surface area contributed by atoms with Gasteiger partial charge in [0.2, 0.25) is 0 Å². The van der Waals surface area contributed by atoms with E-state index in [1.807, 2.05) is 0 Å². The Morgan fingerprint density at radius 3 is 2.33 bits per heavy atom. The molecule has 0 radical (unpaired) electrons. The van der Waals surface area contributed by atoms with Gasteiger partial charge in [-0.05, 0) is 36.8 Å². The summed E-state index contributed by atoms with van der Waals surface area (Å²) in [5, 5.41) is 11.4. The lowest BCUT2D eigenvalue weighted by atomic mass is 10.1. The van der Waals surface area contributed by atoms with Crippen LogP contribution in [0.3, 0.4) is 0 Å². The Labute approximate surface area is 120 Å². The van der Waals surface area contributed by atoms with Crippen LogP contribution >= 0.6 is 0 Å². The second kappa shape index (κ2) is 4.07. The molecule has 2 aliphatic carbocycles. The van der Waals surface area contributed by atoms with Crippen LogP contribution in [0.4, 0.5) is 4.79 Å². The minimum absolute atomic E-state index is 0.240. The van der Waals surface area contributed by atoms with E-state index in [2.05, 4.69) is 5.32 Å². The molecule has 1 aliphatic heterocycles. The zero-order valence-electron chi connectivity index (χ0n) is 11.2. The van der Waals surface area contributed by atoms with Crippen molar-refractivity contribution in [2.75, 3.05) is 0 Å². The van der Waals surface area contributed by atoms with E-state index in [0.717, 1.165) is 6.42 Å². The van der Waals surface area contributed by atoms with Crippen LogP contribution in [0.25, 0.3) is 0 Å². The van der Waals surface area contributed by atoms with Crippen LogP contribution in [0, 0.1) is 11.8 Å². The molecule has 6 heteroatoms. The molecule has 1 heterocycles. The molecule has 108 valence electrons. The molecule has 2 unspecified atom stereocenters. The summed E-state index contributed by atoms with van der Waals surface area (Å²) in [7, 11) is 0. The number of rotatable bonds is 2. The minimum Gasteiger partial charge on any atom is -0.465 e. The fourth-order valence-electron chi connectivity index (χ4n) is 3.88. The van der Waals surface area contributed by atoms with E-state index in [9.17, 15) is 14.4 Å². The van der Waals surface area contributed by atoms with E-state index >= 15 is 0 Å². The highest BCUT2D eigenvalue weighted by Gasteiger charge is 2.59. The maximum atomic E-state index is 12.5. The quantitative estimate of drug-likeness (QED) is 0.803. The van der Waals surface area contributed by atoms with Gasteiger partial charge in [0.15, 0.2) is 0 Å². The van der Waals surface area contributed by atoms with E-state index in [1.165, 1.54) is 4.90 Å². The summed E-state index contributed by atoms with van der Waals surface area (Å²) in [6.45, 7) is 0. The highest BCUT2D eigenvalue weighted by Crippen LogP contribution is 2.54. The van der Waals surface area contributed by atoms with Crippen molar-refractivity contribution in [3.63, 3.8) is 0 Å². The molecule has 4 rings (SSSR count). The fourth-order valence-corrected chi connectivity index (χ4v) is 3.88. The monoisotopic (exact) mass is 286 g/mol. The van der Waals surface area contributed by atoms with Crippen LogP contribution in [-0.4, -0.2) is 40.0 Å². The molecule has 0 spiro atoms. The third-order valence-corrected chi connectivity index (χ3v) is 4.82. The Morgan fingerprint density at radius 1 is 1.14 bits per heavy atom. The first-order chi connectivity index (χ1) is 10.1. The summed E-state index contributed by atoms with van der Waals surface area (Å²) in [5.41, 5.74) is 0.835. The Bertz CT molecular complexity index is 636. The van der Waals surface area contributed by atoms with E-state index in [1.54, 1.807) is 24.3 Å². The molecule has 0 aromatic heterocycles. The summed E-state index contributed by atoms with van der Waals surface area (Å²) >= 11 is 0. The number of nitrogens with zero attached hydrogens (tertiary/aromatic N) is 1. The first kappa shape index (κ1) is 12.4. The highest BCUT2D eigenvalue weighted by molar-refractivity contribution is 6.21. The van der Waals surface area contributed by atoms with Gasteiger partial charge >= 0.3 is 6.09 Å². The number of nitrogens with one attached hydrogen (secondary N) is 1. The lowest BCUT2D eigenvalue weighted by Gasteiger charge is -2.29. The molecular weight excluding hydrogens is 272 g/mol. The van der Waals surface area contributed by atoms with Gasteiger partial charge in [-0.15, -0.1) is 0 Å². The van der Waals surface area contributed by atoms with Crippen LogP contribution in [0.5, 0.6) is 0 Å². The predicted octanol–water partition coefficient (Wildman–Crippen LogP) is 1.33. The van der Waals surface area contributed by atoms with Gasteiger partial charge in [-0.2, -0.15) is 0 Å². The van der Waals surface area contributed by atoms with Crippen molar-refractivity contribution in [3.05, 3.63) is 35.4 Å². The Hall–Kier alpha value is -2.37. The summed E-state index contributed by atoms with van der Waals surface area (Å²) in [6, 6.07) is 6.06. The van der Waals surface area contributed by atoms with E-state index in [4.69, 9.17) is 5.11 Å². The standard InChI is InChI=1S/C15H14N2O4/c18-13-8-3-1-2-4-9(8)14(19)17(13)12-10-5-7(10)6-11(12)16-15(20)21/h1-4,7,10-12,16H,5-6H2,(H,20,21)/t7-,10?,11-,12?/m0/s1. The van der Waals surface area contributed by atoms with Crippen LogP contribution in [-0.2, 0) is 0 Å². The molecule has 21 heavy (non-hydrogen) atoms. The Morgan fingerprint density at radius 2 is 1.76 bits per heavy atom. The molecule has 6 nitrogen and oxygen atoms in total. The number of hydrogen-bond donors (Lipinski definition) is 2. The summed E-state index contributed by atoms with van der Waals surface area (Å²) in [6.07, 6.45) is 0.563. The second-order valence-corrected chi connectivity index (χ2v) is 5.97. The van der Waals surface area contributed by atoms with E-state index in [0.29, 0.717) is 23.5 Å². The third-order valence-electron chi connectivity index (χ3n) is 4.82. The van der Waals surface area contributed by atoms with Crippen LogP contribution in [0.1, 0.15) is 33.6 Å². The van der Waals surface area contributed by atoms with Crippen molar-refractivity contribution < 1.29 is 19.5 Å². The first-order valence-corrected chi connectivity index (χ1v) is 7.04. The summed E-state index contributed by atoms with van der Waals surface area (Å²) in [4.78, 5) is 37.2. The SMILES string of the molecule is O=C(O)N[C@H]1C[C@@H]2CC2C1N1C(=O)c2ccccc2C1=O. The van der Waals surface area contributed by atoms with Gasteiger partial charge < -0.3 is 10.4 Å². The predicted molar refractivity (Wildman–Crippen MR) is 71.9 cm³/mol. The largest absolute Gasteiger partial charge is 0.465 e. The zero-order valence-corrected chi connectivity index (χ0v) is 11.2. The van der Waals surface area contributed by atoms with Crippen molar-refractivity contribution in [2.45, 2.75) is 24.9 Å². The molecule has 1 aromatic carbocycles. The number of carboxylic acid groups (broad SMARTS) is 1. The third kappa shape index (κ3) is 1.68. The molecule has 3 aliphatic rings. The van der Waals surface area contributed by atoms with Crippen molar-refractivity contribution in [1.29, 1.82) is 0 Å². The van der Waals surface area contributed by atoms with Crippen molar-refractivity contribution in [2.24, 2.45) is 11.8 Å². The molecular formula is C15H14N2O4. The molecule has 0 saturated heterocycles. The topological polar surface area (TPSA) is 86.7 Å². The van der Waals surface area contributed by atoms with Gasteiger partial charge in [-0.3, -0.25) is 14.5 Å². The average molecular weight is 286 g/mol. The highest BCUT2D eigenvalue weighted by atomic mass is 16.4. The molecule has 0 bridgehead atoms. The van der Waals surface area contributed by atoms with Crippen molar-refractivity contribution >= 4 is 17.9 Å². The second-order valence-electron chi connectivity index (χ2n) is 5.97. The number of hydrogen-bond acceptors (Lipinski definition) is 3. The molecule has 2 N–H and O–H groups in total. The van der Waals surface area contributed by atoms with Gasteiger partial charge in [0.05, 0.1) is 23.2 Å². The molecule has 4 atom stereocenters. The first-order valence-electron chi connectivity index (χ1n) is 7.04. The molecule has 2 fully saturated rings. The van der Waals surface area contributed by atoms with Crippen LogP contribution in [0.15, 0.2) is 24.3 Å². The number of fused-ring (bicyclic) bond motifs is 2. The maximum absolute atomic E-state index is 12.5. The average Bonchev–Trinajstić information content (AvgIpc) is 3.06. The van der Waals surface area contributed by atoms with Gasteiger partial charge in [-0.25, -0.2) is 4.79 Å². The lowest BCUT2D eigenvalue weighted by molar-refractivity contribution is 0.0539. The number of amides is 3. The summed E-state index contributed by atoms with van der Waals surface area (Å²) in [5.74, 6) is 0.0657. The minimum atomic E-state index is -1.11. The van der Waals surface area contributed by atoms with Gasteiger partial charge in [0.1, 0.15) is 0 Å². The van der Waals surface area contributed by atoms with Crippen molar-refractivity contribution in [1.82, 2.24) is 10.2 Å². The smallest absolute Gasteiger partial charge is 0.404 e. The molecule has 1 aromatic rings. The number of carbonyl (C=O) groups is 3. The van der Waals surface area contributed by atoms with Crippen LogP contribution < -0.4 is 5.32 Å². The van der Waals surface area contributed by atoms with Gasteiger partial charge in [0, 0.05) is 0 Å². The van der Waals surface area contributed by atoms with Gasteiger partial charge in [0.25, 0.3) is 11.8 Å². The fraction of sp³-hybridized carbons (Fsp3) is 0.400. The van der Waals surface area contributed by atoms with Crippen LogP contribution in [0.2, 0.25) is 0 Å². The zero-order chi connectivity index (χ0) is 14.7. The summed E-state index contributed by atoms with van der Waals surface area (Å²) < 4.78 is 0. The lowest BCUT2D eigenvalue weighted by Crippen LogP contribution is -2.52. The number of imide groups is 1. The number of carbonyl (C=O) groups excluding carboxylic acids is 2. The Kier molecular flexibility index (Phi) is 2.40. The normalized spacial score (nSPS) is 32.9. The maximum Gasteiger partial charge on any atom is 0.404 e. The van der Waals surface area contributed by atoms with Crippen molar-refractivity contribution in [3.8, 4) is 0 Å². The molecule has 2 saturated carbocycles. The molecule has 3 amide bonds. The van der Waals surface area contributed by atoms with E-state index < -0.39 is 6.09 Å². The Balaban J connectivity index is 1.69.